The first-order valence-corrected chi connectivity index (χ1v) is 7.20. The van der Waals surface area contributed by atoms with E-state index in [-0.39, 0.29) is 5.56 Å². The van der Waals surface area contributed by atoms with Crippen LogP contribution >= 0.6 is 0 Å². The number of carbonyl (C=O) groups is 1. The second-order valence-corrected chi connectivity index (χ2v) is 5.41. The summed E-state index contributed by atoms with van der Waals surface area (Å²) in [4.78, 5) is 23.6. The van der Waals surface area contributed by atoms with E-state index in [9.17, 15) is 14.7 Å². The molecule has 2 rings (SSSR count). The number of hydrogen-bond donors (Lipinski definition) is 1. The number of rotatable bonds is 5. The lowest BCUT2D eigenvalue weighted by molar-refractivity contribution is -0.140. The number of nitrogens with zero attached hydrogens (tertiary/aromatic N) is 3. The number of aromatic nitrogens is 3. The van der Waals surface area contributed by atoms with E-state index in [0.29, 0.717) is 12.2 Å². The molecule has 2 aromatic rings. The molecule has 114 valence electrons. The normalized spacial score (nSPS) is 12.8. The van der Waals surface area contributed by atoms with E-state index in [2.05, 4.69) is 12.0 Å². The number of carboxylic acid groups (broad SMARTS) is 1. The highest BCUT2D eigenvalue weighted by molar-refractivity contribution is 5.84. The molecule has 0 fully saturated rings. The summed E-state index contributed by atoms with van der Waals surface area (Å²) in [5, 5.41) is 14.6. The molecular weight excluding hydrogens is 270 g/mol. The number of unbranched alkanes of at least 4 members (excludes halogenated alkanes) is 1. The summed E-state index contributed by atoms with van der Waals surface area (Å²) < 4.78 is 3.10. The summed E-state index contributed by atoms with van der Waals surface area (Å²) in [7, 11) is 0. The number of aliphatic carboxylic acids is 1. The van der Waals surface area contributed by atoms with Gasteiger partial charge in [-0.3, -0.25) is 9.36 Å². The van der Waals surface area contributed by atoms with Gasteiger partial charge in [0.25, 0.3) is 5.56 Å². The molecule has 2 aromatic heterocycles. The van der Waals surface area contributed by atoms with E-state index < -0.39 is 12.0 Å². The lowest BCUT2D eigenvalue weighted by Gasteiger charge is -2.15. The molecule has 0 aliphatic rings. The van der Waals surface area contributed by atoms with Crippen molar-refractivity contribution < 1.29 is 9.90 Å². The standard InChI is InChI=1S/C15H21N3O3/c1-5-6-7-17-14-13(10(3)16-17)9(2)8-12(19)18(14)11(4)15(20)21/h8,11H,5-7H2,1-4H3,(H,20,21). The van der Waals surface area contributed by atoms with Crippen molar-refractivity contribution in [2.24, 2.45) is 0 Å². The van der Waals surface area contributed by atoms with Crippen molar-refractivity contribution in [3.63, 3.8) is 0 Å². The van der Waals surface area contributed by atoms with Gasteiger partial charge in [0, 0.05) is 18.0 Å². The molecule has 6 nitrogen and oxygen atoms in total. The van der Waals surface area contributed by atoms with Crippen molar-refractivity contribution in [3.8, 4) is 0 Å². The SMILES string of the molecule is CCCCn1nc(C)c2c(C)cc(=O)n(C(C)C(=O)O)c21. The minimum atomic E-state index is -1.02. The summed E-state index contributed by atoms with van der Waals surface area (Å²) in [5.74, 6) is -1.02. The van der Waals surface area contributed by atoms with Crippen molar-refractivity contribution in [1.29, 1.82) is 0 Å². The highest BCUT2D eigenvalue weighted by atomic mass is 16.4. The van der Waals surface area contributed by atoms with E-state index >= 15 is 0 Å². The molecule has 0 saturated heterocycles. The Hall–Kier alpha value is -2.11. The van der Waals surface area contributed by atoms with E-state index in [4.69, 9.17) is 0 Å². The number of pyridine rings is 1. The molecule has 0 radical (unpaired) electrons. The van der Waals surface area contributed by atoms with Crippen LogP contribution in [0.25, 0.3) is 11.0 Å². The lowest BCUT2D eigenvalue weighted by atomic mass is 10.1. The first-order chi connectivity index (χ1) is 9.88. The van der Waals surface area contributed by atoms with Crippen molar-refractivity contribution in [1.82, 2.24) is 14.3 Å². The largest absolute Gasteiger partial charge is 0.480 e. The third-order valence-electron chi connectivity index (χ3n) is 3.77. The summed E-state index contributed by atoms with van der Waals surface area (Å²) in [5.41, 5.74) is 1.97. The monoisotopic (exact) mass is 291 g/mol. The summed E-state index contributed by atoms with van der Waals surface area (Å²) in [6.45, 7) is 8.02. The van der Waals surface area contributed by atoms with Crippen molar-refractivity contribution in [3.05, 3.63) is 27.7 Å². The third kappa shape index (κ3) is 2.57. The van der Waals surface area contributed by atoms with E-state index in [0.717, 1.165) is 29.5 Å². The zero-order valence-corrected chi connectivity index (χ0v) is 12.9. The average Bonchev–Trinajstić information content (AvgIpc) is 2.73. The van der Waals surface area contributed by atoms with Crippen LogP contribution in [0.5, 0.6) is 0 Å². The fourth-order valence-corrected chi connectivity index (χ4v) is 2.66. The van der Waals surface area contributed by atoms with Crippen LogP contribution in [0.3, 0.4) is 0 Å². The van der Waals surface area contributed by atoms with Crippen LogP contribution in [0.1, 0.15) is 44.0 Å². The number of hydrogen-bond acceptors (Lipinski definition) is 3. The smallest absolute Gasteiger partial charge is 0.326 e. The Morgan fingerprint density at radius 2 is 2.10 bits per heavy atom. The van der Waals surface area contributed by atoms with Crippen LogP contribution in [0.15, 0.2) is 10.9 Å². The predicted molar refractivity (Wildman–Crippen MR) is 80.7 cm³/mol. The Labute approximate surface area is 123 Å². The Morgan fingerprint density at radius 1 is 1.43 bits per heavy atom. The molecule has 0 bridgehead atoms. The fourth-order valence-electron chi connectivity index (χ4n) is 2.66. The Balaban J connectivity index is 2.82. The Bertz CT molecular complexity index is 743. The highest BCUT2D eigenvalue weighted by Crippen LogP contribution is 2.23. The van der Waals surface area contributed by atoms with Crippen LogP contribution in [0, 0.1) is 13.8 Å². The van der Waals surface area contributed by atoms with E-state index in [1.807, 2.05) is 13.8 Å². The molecule has 21 heavy (non-hydrogen) atoms. The zero-order chi connectivity index (χ0) is 15.7. The first kappa shape index (κ1) is 15.3. The quantitative estimate of drug-likeness (QED) is 0.916. The maximum atomic E-state index is 12.3. The number of aryl methyl sites for hydroxylation is 3. The van der Waals surface area contributed by atoms with Crippen molar-refractivity contribution in [2.45, 2.75) is 53.1 Å². The second kappa shape index (κ2) is 5.71. The molecule has 1 unspecified atom stereocenters. The molecule has 2 heterocycles. The number of fused-ring (bicyclic) bond motifs is 1. The van der Waals surface area contributed by atoms with Gasteiger partial charge in [-0.25, -0.2) is 9.48 Å². The van der Waals surface area contributed by atoms with Gasteiger partial charge in [-0.1, -0.05) is 13.3 Å². The van der Waals surface area contributed by atoms with Crippen molar-refractivity contribution in [2.75, 3.05) is 0 Å². The van der Waals surface area contributed by atoms with E-state index in [1.165, 1.54) is 17.6 Å². The predicted octanol–water partition coefficient (Wildman–Crippen LogP) is 2.26. The van der Waals surface area contributed by atoms with Gasteiger partial charge >= 0.3 is 5.97 Å². The maximum Gasteiger partial charge on any atom is 0.326 e. The van der Waals surface area contributed by atoms with Crippen LogP contribution in [-0.4, -0.2) is 25.4 Å². The summed E-state index contributed by atoms with van der Waals surface area (Å²) in [6.07, 6.45) is 1.94. The molecular formula is C15H21N3O3. The fraction of sp³-hybridized carbons (Fsp3) is 0.533. The molecule has 0 spiro atoms. The van der Waals surface area contributed by atoms with Gasteiger partial charge in [-0.2, -0.15) is 5.10 Å². The molecule has 1 atom stereocenters. The van der Waals surface area contributed by atoms with Gasteiger partial charge in [0.1, 0.15) is 11.7 Å². The Morgan fingerprint density at radius 3 is 2.67 bits per heavy atom. The molecule has 1 N–H and O–H groups in total. The van der Waals surface area contributed by atoms with Gasteiger partial charge < -0.3 is 5.11 Å². The molecule has 0 aliphatic carbocycles. The van der Waals surface area contributed by atoms with Crippen LogP contribution in [0.4, 0.5) is 0 Å². The van der Waals surface area contributed by atoms with Gasteiger partial charge in [0.05, 0.1) is 5.69 Å². The van der Waals surface area contributed by atoms with Crippen LogP contribution < -0.4 is 5.56 Å². The topological polar surface area (TPSA) is 77.1 Å². The van der Waals surface area contributed by atoms with Crippen LogP contribution in [-0.2, 0) is 11.3 Å². The van der Waals surface area contributed by atoms with Gasteiger partial charge in [-0.15, -0.1) is 0 Å². The summed E-state index contributed by atoms with van der Waals surface area (Å²) >= 11 is 0. The molecule has 0 aliphatic heterocycles. The number of carboxylic acids is 1. The van der Waals surface area contributed by atoms with Crippen molar-refractivity contribution >= 4 is 17.0 Å². The second-order valence-electron chi connectivity index (χ2n) is 5.41. The van der Waals surface area contributed by atoms with Gasteiger partial charge in [0.2, 0.25) is 0 Å². The average molecular weight is 291 g/mol. The van der Waals surface area contributed by atoms with E-state index in [1.54, 1.807) is 4.68 Å². The van der Waals surface area contributed by atoms with Gasteiger partial charge in [-0.05, 0) is 32.8 Å². The first-order valence-electron chi connectivity index (χ1n) is 7.20. The van der Waals surface area contributed by atoms with Crippen LogP contribution in [0.2, 0.25) is 0 Å². The van der Waals surface area contributed by atoms with Gasteiger partial charge in [0.15, 0.2) is 0 Å². The minimum Gasteiger partial charge on any atom is -0.480 e. The zero-order valence-electron chi connectivity index (χ0n) is 12.9. The third-order valence-corrected chi connectivity index (χ3v) is 3.77. The molecule has 0 saturated carbocycles. The minimum absolute atomic E-state index is 0.299. The summed E-state index contributed by atoms with van der Waals surface area (Å²) in [6, 6.07) is 0.567. The molecule has 6 heteroatoms. The lowest BCUT2D eigenvalue weighted by Crippen LogP contribution is -2.29. The highest BCUT2D eigenvalue weighted by Gasteiger charge is 2.22. The Kier molecular flexibility index (Phi) is 4.16. The maximum absolute atomic E-state index is 12.3. The molecule has 0 amide bonds. The molecule has 0 aromatic carbocycles.